The first-order chi connectivity index (χ1) is 11.8. The van der Waals surface area contributed by atoms with Crippen LogP contribution in [-0.4, -0.2) is 63.5 Å². The first kappa shape index (κ1) is 17.8. The number of rotatable bonds is 4. The normalized spacial score (nSPS) is 22.9. The van der Waals surface area contributed by atoms with Crippen LogP contribution in [0.3, 0.4) is 0 Å². The summed E-state index contributed by atoms with van der Waals surface area (Å²) in [5, 5.41) is 8.29. The lowest BCUT2D eigenvalue weighted by Crippen LogP contribution is -2.52. The first-order valence-corrected chi connectivity index (χ1v) is 8.82. The minimum Gasteiger partial charge on any atom is -0.373 e. The number of nitrogens with zero attached hydrogens (tertiary/aromatic N) is 4. The Hall–Kier alpha value is -1.99. The van der Waals surface area contributed by atoms with Gasteiger partial charge in [0, 0.05) is 44.3 Å². The van der Waals surface area contributed by atoms with Crippen LogP contribution in [0.25, 0.3) is 11.0 Å². The van der Waals surface area contributed by atoms with Crippen LogP contribution in [0.15, 0.2) is 12.3 Å². The fraction of sp³-hybridized carbons (Fsp3) is 0.611. The summed E-state index contributed by atoms with van der Waals surface area (Å²) < 4.78 is 7.50. The predicted octanol–water partition coefficient (Wildman–Crippen LogP) is 1.50. The van der Waals surface area contributed by atoms with Crippen molar-refractivity contribution in [3.05, 3.63) is 23.5 Å². The summed E-state index contributed by atoms with van der Waals surface area (Å²) >= 11 is 0. The number of hydrogen-bond acceptors (Lipinski definition) is 5. The highest BCUT2D eigenvalue weighted by Crippen LogP contribution is 2.17. The highest BCUT2D eigenvalue weighted by Gasteiger charge is 2.26. The lowest BCUT2D eigenvalue weighted by molar-refractivity contribution is -0.0778. The number of pyridine rings is 1. The van der Waals surface area contributed by atoms with Gasteiger partial charge in [0.05, 0.1) is 23.5 Å². The van der Waals surface area contributed by atoms with Gasteiger partial charge in [-0.2, -0.15) is 5.10 Å². The van der Waals surface area contributed by atoms with Gasteiger partial charge in [-0.1, -0.05) is 0 Å². The molecule has 0 aliphatic carbocycles. The van der Waals surface area contributed by atoms with Crippen LogP contribution in [-0.2, 0) is 11.8 Å². The van der Waals surface area contributed by atoms with E-state index in [1.165, 1.54) is 0 Å². The number of morpholine rings is 1. The smallest absolute Gasteiger partial charge is 0.252 e. The molecule has 0 aromatic carbocycles. The summed E-state index contributed by atoms with van der Waals surface area (Å²) in [6.45, 7) is 10.6. The molecule has 1 N–H and O–H groups in total. The fourth-order valence-electron chi connectivity index (χ4n) is 3.48. The topological polar surface area (TPSA) is 72.3 Å². The number of amides is 1. The molecule has 0 saturated carbocycles. The molecule has 2 aromatic heterocycles. The van der Waals surface area contributed by atoms with E-state index in [1.807, 2.05) is 20.0 Å². The Morgan fingerprint density at radius 3 is 2.76 bits per heavy atom. The average molecular weight is 345 g/mol. The average Bonchev–Trinajstić information content (AvgIpc) is 2.85. The standard InChI is InChI=1S/C18H27N5O2/c1-11(23-9-12(2)25-13(3)10-23)7-20-18(24)15-6-16-14(4)21-22(5)17(16)19-8-15/h6,8,11-13H,7,9-10H2,1-5H3,(H,20,24). The summed E-state index contributed by atoms with van der Waals surface area (Å²) in [6, 6.07) is 2.12. The quantitative estimate of drug-likeness (QED) is 0.909. The van der Waals surface area contributed by atoms with Gasteiger partial charge in [-0.3, -0.25) is 14.4 Å². The second kappa shape index (κ2) is 7.09. The van der Waals surface area contributed by atoms with Crippen molar-refractivity contribution in [2.24, 2.45) is 7.05 Å². The number of hydrogen-bond donors (Lipinski definition) is 1. The van der Waals surface area contributed by atoms with Crippen LogP contribution < -0.4 is 5.32 Å². The van der Waals surface area contributed by atoms with Gasteiger partial charge < -0.3 is 10.1 Å². The second-order valence-electron chi connectivity index (χ2n) is 7.07. The van der Waals surface area contributed by atoms with Crippen molar-refractivity contribution in [3.8, 4) is 0 Å². The van der Waals surface area contributed by atoms with Gasteiger partial charge in [0.2, 0.25) is 0 Å². The molecular weight excluding hydrogens is 318 g/mol. The van der Waals surface area contributed by atoms with E-state index in [4.69, 9.17) is 4.74 Å². The van der Waals surface area contributed by atoms with Gasteiger partial charge in [-0.05, 0) is 33.8 Å². The summed E-state index contributed by atoms with van der Waals surface area (Å²) in [7, 11) is 1.86. The van der Waals surface area contributed by atoms with E-state index < -0.39 is 0 Å². The third-order valence-electron chi connectivity index (χ3n) is 4.75. The van der Waals surface area contributed by atoms with E-state index in [0.717, 1.165) is 29.8 Å². The monoisotopic (exact) mass is 345 g/mol. The minimum absolute atomic E-state index is 0.0983. The zero-order valence-corrected chi connectivity index (χ0v) is 15.6. The summed E-state index contributed by atoms with van der Waals surface area (Å²) in [6.07, 6.45) is 2.06. The molecule has 3 atom stereocenters. The van der Waals surface area contributed by atoms with Gasteiger partial charge in [0.15, 0.2) is 5.65 Å². The van der Waals surface area contributed by atoms with Crippen molar-refractivity contribution in [1.82, 2.24) is 25.0 Å². The molecule has 2 aromatic rings. The van der Waals surface area contributed by atoms with Crippen LogP contribution in [0, 0.1) is 6.92 Å². The predicted molar refractivity (Wildman–Crippen MR) is 96.6 cm³/mol. The fourth-order valence-corrected chi connectivity index (χ4v) is 3.48. The van der Waals surface area contributed by atoms with E-state index >= 15 is 0 Å². The highest BCUT2D eigenvalue weighted by atomic mass is 16.5. The van der Waals surface area contributed by atoms with Crippen LogP contribution in [0.5, 0.6) is 0 Å². The van der Waals surface area contributed by atoms with Gasteiger partial charge in [-0.15, -0.1) is 0 Å². The van der Waals surface area contributed by atoms with Gasteiger partial charge in [0.1, 0.15) is 0 Å². The molecule has 136 valence electrons. The molecule has 3 rings (SSSR count). The zero-order chi connectivity index (χ0) is 18.1. The van der Waals surface area contributed by atoms with Crippen molar-refractivity contribution >= 4 is 16.9 Å². The number of carbonyl (C=O) groups excluding carboxylic acids is 1. The SMILES string of the molecule is Cc1nn(C)c2ncc(C(=O)NCC(C)N3CC(C)OC(C)C3)cc12. The molecule has 1 aliphatic rings. The maximum Gasteiger partial charge on any atom is 0.252 e. The van der Waals surface area contributed by atoms with E-state index in [1.54, 1.807) is 10.9 Å². The maximum atomic E-state index is 12.5. The lowest BCUT2D eigenvalue weighted by atomic mass is 10.1. The van der Waals surface area contributed by atoms with Crippen molar-refractivity contribution in [2.45, 2.75) is 45.9 Å². The zero-order valence-electron chi connectivity index (χ0n) is 15.6. The van der Waals surface area contributed by atoms with Crippen LogP contribution >= 0.6 is 0 Å². The van der Waals surface area contributed by atoms with E-state index in [2.05, 4.69) is 41.1 Å². The molecular formula is C18H27N5O2. The Balaban J connectivity index is 1.63. The maximum absolute atomic E-state index is 12.5. The number of nitrogens with one attached hydrogen (secondary N) is 1. The Kier molecular flexibility index (Phi) is 5.06. The molecule has 7 nitrogen and oxygen atoms in total. The second-order valence-corrected chi connectivity index (χ2v) is 7.07. The molecule has 25 heavy (non-hydrogen) atoms. The Labute approximate surface area is 148 Å². The Morgan fingerprint density at radius 1 is 1.40 bits per heavy atom. The van der Waals surface area contributed by atoms with Crippen molar-refractivity contribution < 1.29 is 9.53 Å². The molecule has 1 aliphatic heterocycles. The number of carbonyl (C=O) groups is 1. The molecule has 1 amide bonds. The molecule has 0 bridgehead atoms. The number of ether oxygens (including phenoxy) is 1. The lowest BCUT2D eigenvalue weighted by Gasteiger charge is -2.39. The summed E-state index contributed by atoms with van der Waals surface area (Å²) in [5.74, 6) is -0.0983. The summed E-state index contributed by atoms with van der Waals surface area (Å²) in [5.41, 5.74) is 2.24. The van der Waals surface area contributed by atoms with Gasteiger partial charge in [0.25, 0.3) is 5.91 Å². The third-order valence-corrected chi connectivity index (χ3v) is 4.75. The van der Waals surface area contributed by atoms with Gasteiger partial charge in [-0.25, -0.2) is 4.98 Å². The molecule has 7 heteroatoms. The Morgan fingerprint density at radius 2 is 2.08 bits per heavy atom. The minimum atomic E-state index is -0.0983. The van der Waals surface area contributed by atoms with Crippen LogP contribution in [0.2, 0.25) is 0 Å². The van der Waals surface area contributed by atoms with Crippen molar-refractivity contribution in [1.29, 1.82) is 0 Å². The Bertz CT molecular complexity index is 762. The number of aromatic nitrogens is 3. The van der Waals surface area contributed by atoms with Crippen molar-refractivity contribution in [3.63, 3.8) is 0 Å². The molecule has 3 unspecified atom stereocenters. The molecule has 3 heterocycles. The largest absolute Gasteiger partial charge is 0.373 e. The van der Waals surface area contributed by atoms with Crippen molar-refractivity contribution in [2.75, 3.05) is 19.6 Å². The molecule has 0 radical (unpaired) electrons. The van der Waals surface area contributed by atoms with Crippen LogP contribution in [0.4, 0.5) is 0 Å². The molecule has 0 spiro atoms. The third kappa shape index (κ3) is 3.82. The first-order valence-electron chi connectivity index (χ1n) is 8.82. The highest BCUT2D eigenvalue weighted by molar-refractivity contribution is 5.97. The van der Waals surface area contributed by atoms with E-state index in [0.29, 0.717) is 12.1 Å². The number of fused-ring (bicyclic) bond motifs is 1. The van der Waals surface area contributed by atoms with E-state index in [-0.39, 0.29) is 24.2 Å². The molecule has 1 saturated heterocycles. The van der Waals surface area contributed by atoms with Gasteiger partial charge >= 0.3 is 0 Å². The molecule has 1 fully saturated rings. The number of aryl methyl sites for hydroxylation is 2. The summed E-state index contributed by atoms with van der Waals surface area (Å²) in [4.78, 5) is 19.2. The van der Waals surface area contributed by atoms with Crippen LogP contribution in [0.1, 0.15) is 36.8 Å². The van der Waals surface area contributed by atoms with E-state index in [9.17, 15) is 4.79 Å².